The lowest BCUT2D eigenvalue weighted by atomic mass is 10.1. The lowest BCUT2D eigenvalue weighted by Crippen LogP contribution is -2.31. The molecule has 0 fully saturated rings. The van der Waals surface area contributed by atoms with Crippen molar-refractivity contribution in [3.63, 3.8) is 0 Å². The van der Waals surface area contributed by atoms with Crippen LogP contribution in [0.4, 0.5) is 0 Å². The highest BCUT2D eigenvalue weighted by atomic mass is 32.2. The van der Waals surface area contributed by atoms with Crippen LogP contribution in [-0.4, -0.2) is 35.3 Å². The van der Waals surface area contributed by atoms with Crippen molar-refractivity contribution in [3.8, 4) is 0 Å². The molecule has 31 heavy (non-hydrogen) atoms. The molecule has 7 heteroatoms. The molecule has 0 N–H and O–H groups in total. The third-order valence-electron chi connectivity index (χ3n) is 5.01. The Labute approximate surface area is 183 Å². The smallest absolute Gasteiger partial charge is 0.254 e. The highest BCUT2D eigenvalue weighted by molar-refractivity contribution is 7.90. The lowest BCUT2D eigenvalue weighted by Gasteiger charge is -2.22. The van der Waals surface area contributed by atoms with E-state index >= 15 is 0 Å². The molecule has 0 saturated carbocycles. The molecular weight excluding hydrogens is 410 g/mol. The zero-order valence-corrected chi connectivity index (χ0v) is 18.7. The number of aromatic nitrogens is 2. The van der Waals surface area contributed by atoms with Crippen molar-refractivity contribution in [3.05, 3.63) is 95.8 Å². The van der Waals surface area contributed by atoms with Crippen LogP contribution >= 0.6 is 0 Å². The molecule has 3 aromatic rings. The van der Waals surface area contributed by atoms with Crippen molar-refractivity contribution in [1.82, 2.24) is 14.5 Å². The summed E-state index contributed by atoms with van der Waals surface area (Å²) in [6.07, 6.45) is 3.16. The van der Waals surface area contributed by atoms with Gasteiger partial charge in [0.25, 0.3) is 5.91 Å². The fraction of sp³-hybridized carbons (Fsp3) is 0.250. The summed E-state index contributed by atoms with van der Waals surface area (Å²) in [6.45, 7) is 8.64. The molecule has 0 bridgehead atoms. The fourth-order valence-corrected chi connectivity index (χ4v) is 4.85. The summed E-state index contributed by atoms with van der Waals surface area (Å²) in [5, 5.41) is -0.00917. The lowest BCUT2D eigenvalue weighted by molar-refractivity contribution is 0.0749. The number of benzene rings is 2. The van der Waals surface area contributed by atoms with E-state index in [9.17, 15) is 13.2 Å². The van der Waals surface area contributed by atoms with E-state index in [-0.39, 0.29) is 29.9 Å². The van der Waals surface area contributed by atoms with Gasteiger partial charge in [0.1, 0.15) is 0 Å². The Kier molecular flexibility index (Phi) is 7.07. The predicted octanol–water partition coefficient (Wildman–Crippen LogP) is 4.01. The van der Waals surface area contributed by atoms with Crippen LogP contribution in [0.25, 0.3) is 0 Å². The zero-order chi connectivity index (χ0) is 22.4. The van der Waals surface area contributed by atoms with Crippen molar-refractivity contribution in [2.45, 2.75) is 37.8 Å². The number of hydrogen-bond acceptors (Lipinski definition) is 4. The molecule has 2 aromatic carbocycles. The number of carbonyl (C=O) groups is 1. The van der Waals surface area contributed by atoms with Gasteiger partial charge in [0.15, 0.2) is 0 Å². The molecule has 0 spiro atoms. The summed E-state index contributed by atoms with van der Waals surface area (Å²) in [5.41, 5.74) is 3.02. The molecule has 1 heterocycles. The molecule has 1 aromatic heterocycles. The van der Waals surface area contributed by atoms with Crippen molar-refractivity contribution in [1.29, 1.82) is 0 Å². The minimum Gasteiger partial charge on any atom is -0.333 e. The Morgan fingerprint density at radius 3 is 2.42 bits per heavy atom. The first-order chi connectivity index (χ1) is 14.9. The molecule has 0 radical (unpaired) electrons. The van der Waals surface area contributed by atoms with E-state index in [2.05, 4.69) is 11.6 Å². The Balaban J connectivity index is 1.89. The first-order valence-electron chi connectivity index (χ1n) is 10.1. The molecule has 3 rings (SSSR count). The zero-order valence-electron chi connectivity index (χ0n) is 17.9. The molecular formula is C24H27N3O3S. The fourth-order valence-electron chi connectivity index (χ4n) is 3.35. The first kappa shape index (κ1) is 22.5. The number of hydrogen-bond donors (Lipinski definition) is 0. The second-order valence-corrected chi connectivity index (χ2v) is 9.24. The highest BCUT2D eigenvalue weighted by Crippen LogP contribution is 2.19. The van der Waals surface area contributed by atoms with Crippen molar-refractivity contribution in [2.75, 3.05) is 6.54 Å². The molecule has 1 amide bonds. The van der Waals surface area contributed by atoms with Gasteiger partial charge in [-0.3, -0.25) is 4.79 Å². The summed E-state index contributed by atoms with van der Waals surface area (Å²) in [4.78, 5) is 18.9. The minimum absolute atomic E-state index is 0.00917. The average Bonchev–Trinajstić information content (AvgIpc) is 3.16. The standard InChI is InChI=1S/C24H27N3O3S/c1-4-15-27-22(17-26(5-2)23(28)21-13-11-19(3)12-14-21)16-25-24(27)31(29,30)18-20-9-7-6-8-10-20/h4,6-14,16H,1,5,15,17-18H2,2-3H3. The molecule has 6 nitrogen and oxygen atoms in total. The number of carbonyl (C=O) groups excluding carboxylic acids is 1. The maximum Gasteiger partial charge on any atom is 0.254 e. The van der Waals surface area contributed by atoms with Crippen LogP contribution in [-0.2, 0) is 28.7 Å². The molecule has 0 atom stereocenters. The van der Waals surface area contributed by atoms with E-state index in [0.717, 1.165) is 5.56 Å². The van der Waals surface area contributed by atoms with Crippen LogP contribution in [0.5, 0.6) is 0 Å². The van der Waals surface area contributed by atoms with Crippen LogP contribution in [0.15, 0.2) is 78.6 Å². The van der Waals surface area contributed by atoms with Gasteiger partial charge in [-0.1, -0.05) is 54.1 Å². The largest absolute Gasteiger partial charge is 0.333 e. The van der Waals surface area contributed by atoms with Gasteiger partial charge in [-0.25, -0.2) is 13.4 Å². The van der Waals surface area contributed by atoms with Crippen LogP contribution < -0.4 is 0 Å². The molecule has 0 aliphatic heterocycles. The SMILES string of the molecule is C=CCn1c(CN(CC)C(=O)c2ccc(C)cc2)cnc1S(=O)(=O)Cc1ccccc1. The summed E-state index contributed by atoms with van der Waals surface area (Å²) < 4.78 is 27.7. The van der Waals surface area contributed by atoms with Gasteiger partial charge in [-0.05, 0) is 31.5 Å². The quantitative estimate of drug-likeness (QED) is 0.474. The topological polar surface area (TPSA) is 72.3 Å². The Bertz CT molecular complexity index is 1150. The first-order valence-corrected chi connectivity index (χ1v) is 11.8. The van der Waals surface area contributed by atoms with Gasteiger partial charge in [0, 0.05) is 18.7 Å². The number of nitrogens with zero attached hydrogens (tertiary/aromatic N) is 3. The van der Waals surface area contributed by atoms with E-state index in [4.69, 9.17) is 0 Å². The normalized spacial score (nSPS) is 11.3. The molecule has 0 saturated heterocycles. The monoisotopic (exact) mass is 437 g/mol. The maximum absolute atomic E-state index is 13.1. The summed E-state index contributed by atoms with van der Waals surface area (Å²) in [6, 6.07) is 16.4. The van der Waals surface area contributed by atoms with E-state index in [1.54, 1.807) is 39.8 Å². The maximum atomic E-state index is 13.1. The number of rotatable bonds is 9. The number of sulfone groups is 1. The van der Waals surface area contributed by atoms with Crippen LogP contribution in [0.2, 0.25) is 0 Å². The van der Waals surface area contributed by atoms with Crippen molar-refractivity contribution >= 4 is 15.7 Å². The van der Waals surface area contributed by atoms with E-state index < -0.39 is 9.84 Å². The van der Waals surface area contributed by atoms with Gasteiger partial charge in [0.05, 0.1) is 24.2 Å². The van der Waals surface area contributed by atoms with Crippen molar-refractivity contribution in [2.24, 2.45) is 0 Å². The Morgan fingerprint density at radius 2 is 1.81 bits per heavy atom. The van der Waals surface area contributed by atoms with Gasteiger partial charge < -0.3 is 9.47 Å². The van der Waals surface area contributed by atoms with Gasteiger partial charge in [-0.15, -0.1) is 6.58 Å². The summed E-state index contributed by atoms with van der Waals surface area (Å²) in [7, 11) is -3.66. The second kappa shape index (κ2) is 9.75. The number of imidazole rings is 1. The minimum atomic E-state index is -3.66. The number of amides is 1. The van der Waals surface area contributed by atoms with E-state index in [0.29, 0.717) is 23.4 Å². The van der Waals surface area contributed by atoms with Crippen LogP contribution in [0.3, 0.4) is 0 Å². The van der Waals surface area contributed by atoms with Crippen LogP contribution in [0, 0.1) is 6.92 Å². The predicted molar refractivity (Wildman–Crippen MR) is 121 cm³/mol. The van der Waals surface area contributed by atoms with Crippen molar-refractivity contribution < 1.29 is 13.2 Å². The second-order valence-electron chi connectivity index (χ2n) is 7.36. The molecule has 162 valence electrons. The Hall–Kier alpha value is -3.19. The third-order valence-corrected chi connectivity index (χ3v) is 6.61. The molecule has 0 aliphatic rings. The molecule has 0 unspecified atom stereocenters. The molecule has 0 aliphatic carbocycles. The number of allylic oxidation sites excluding steroid dienone is 1. The van der Waals surface area contributed by atoms with Gasteiger partial charge in [0.2, 0.25) is 15.0 Å². The average molecular weight is 438 g/mol. The summed E-state index contributed by atoms with van der Waals surface area (Å²) in [5.74, 6) is -0.246. The van der Waals surface area contributed by atoms with Gasteiger partial charge in [-0.2, -0.15) is 0 Å². The van der Waals surface area contributed by atoms with E-state index in [1.165, 1.54) is 6.20 Å². The van der Waals surface area contributed by atoms with Gasteiger partial charge >= 0.3 is 0 Å². The van der Waals surface area contributed by atoms with E-state index in [1.807, 2.05) is 44.2 Å². The Morgan fingerprint density at radius 1 is 1.13 bits per heavy atom. The van der Waals surface area contributed by atoms with Crippen LogP contribution in [0.1, 0.15) is 34.1 Å². The number of aryl methyl sites for hydroxylation is 1. The third kappa shape index (κ3) is 5.30. The highest BCUT2D eigenvalue weighted by Gasteiger charge is 2.25. The summed E-state index contributed by atoms with van der Waals surface area (Å²) >= 11 is 0.